The van der Waals surface area contributed by atoms with Crippen LogP contribution in [0.1, 0.15) is 5.82 Å². The van der Waals surface area contributed by atoms with Crippen LogP contribution in [0.15, 0.2) is 18.6 Å². The van der Waals surface area contributed by atoms with Crippen molar-refractivity contribution >= 4 is 11.9 Å². The third kappa shape index (κ3) is 0.952. The second-order valence-electron chi connectivity index (χ2n) is 2.30. The van der Waals surface area contributed by atoms with Crippen LogP contribution in [0.5, 0.6) is 0 Å². The highest BCUT2D eigenvalue weighted by atomic mass is 16.1. The highest BCUT2D eigenvalue weighted by Gasteiger charge is 2.02. The van der Waals surface area contributed by atoms with Gasteiger partial charge in [0, 0.05) is 12.3 Å². The first kappa shape index (κ1) is 6.90. The molecule has 0 saturated heterocycles. The largest absolute Gasteiger partial charge is 0.303 e. The number of rotatable bonds is 2. The van der Waals surface area contributed by atoms with E-state index in [2.05, 4.69) is 15.2 Å². The van der Waals surface area contributed by atoms with Gasteiger partial charge in [-0.1, -0.05) is 0 Å². The minimum absolute atomic E-state index is 0.271. The van der Waals surface area contributed by atoms with Crippen molar-refractivity contribution in [2.45, 2.75) is 6.42 Å². The van der Waals surface area contributed by atoms with Gasteiger partial charge in [-0.25, -0.2) is 4.98 Å². The number of fused-ring (bicyclic) bond motifs is 1. The summed E-state index contributed by atoms with van der Waals surface area (Å²) < 4.78 is 1.69. The predicted molar refractivity (Wildman–Crippen MR) is 40.6 cm³/mol. The molecule has 0 aromatic carbocycles. The highest BCUT2D eigenvalue weighted by molar-refractivity contribution is 5.53. The standard InChI is InChI=1S/C7H6N4O/c12-4-2-7-10-9-6-1-3-8-5-11(6)7/h1,3-5H,2H2. The van der Waals surface area contributed by atoms with E-state index < -0.39 is 0 Å². The quantitative estimate of drug-likeness (QED) is 0.577. The second kappa shape index (κ2) is 2.69. The molecule has 0 aliphatic heterocycles. The Labute approximate surface area is 68.1 Å². The number of aldehydes is 1. The summed E-state index contributed by atoms with van der Waals surface area (Å²) in [5, 5.41) is 7.68. The van der Waals surface area contributed by atoms with Gasteiger partial charge in [0.15, 0.2) is 5.65 Å². The smallest absolute Gasteiger partial charge is 0.163 e. The van der Waals surface area contributed by atoms with Crippen molar-refractivity contribution in [2.24, 2.45) is 0 Å². The lowest BCUT2D eigenvalue weighted by molar-refractivity contribution is -0.107. The molecule has 2 rings (SSSR count). The summed E-state index contributed by atoms with van der Waals surface area (Å²) >= 11 is 0. The number of aromatic nitrogens is 4. The van der Waals surface area contributed by atoms with Gasteiger partial charge < -0.3 is 4.79 Å². The minimum Gasteiger partial charge on any atom is -0.303 e. The number of hydrogen-bond donors (Lipinski definition) is 0. The number of carbonyl (C=O) groups is 1. The first-order valence-electron chi connectivity index (χ1n) is 3.49. The molecule has 5 nitrogen and oxygen atoms in total. The molecule has 0 N–H and O–H groups in total. The van der Waals surface area contributed by atoms with Crippen molar-refractivity contribution in [3.05, 3.63) is 24.4 Å². The topological polar surface area (TPSA) is 60.2 Å². The Morgan fingerprint density at radius 1 is 1.50 bits per heavy atom. The molecule has 2 aromatic rings. The molecule has 0 atom stereocenters. The van der Waals surface area contributed by atoms with Gasteiger partial charge in [-0.2, -0.15) is 0 Å². The number of hydrogen-bond acceptors (Lipinski definition) is 4. The lowest BCUT2D eigenvalue weighted by Gasteiger charge is -1.91. The van der Waals surface area contributed by atoms with E-state index in [0.29, 0.717) is 11.5 Å². The maximum absolute atomic E-state index is 10.2. The van der Waals surface area contributed by atoms with Crippen LogP contribution < -0.4 is 0 Å². The molecular formula is C7H6N4O. The first-order valence-corrected chi connectivity index (χ1v) is 3.49. The molecule has 0 saturated carbocycles. The van der Waals surface area contributed by atoms with Crippen LogP contribution in [0.25, 0.3) is 5.65 Å². The van der Waals surface area contributed by atoms with Gasteiger partial charge in [0.25, 0.3) is 0 Å². The molecule has 0 radical (unpaired) electrons. The molecule has 0 aliphatic rings. The summed E-state index contributed by atoms with van der Waals surface area (Å²) in [7, 11) is 0. The van der Waals surface area contributed by atoms with Gasteiger partial charge >= 0.3 is 0 Å². The van der Waals surface area contributed by atoms with Crippen LogP contribution in [0.4, 0.5) is 0 Å². The summed E-state index contributed by atoms with van der Waals surface area (Å²) in [6.45, 7) is 0. The van der Waals surface area contributed by atoms with Crippen LogP contribution >= 0.6 is 0 Å². The van der Waals surface area contributed by atoms with Crippen molar-refractivity contribution in [2.75, 3.05) is 0 Å². The van der Waals surface area contributed by atoms with Crippen molar-refractivity contribution in [3.63, 3.8) is 0 Å². The molecule has 2 heterocycles. The van der Waals surface area contributed by atoms with E-state index in [1.165, 1.54) is 0 Å². The van der Waals surface area contributed by atoms with Crippen LogP contribution in [-0.4, -0.2) is 25.9 Å². The Bertz CT molecular complexity index is 408. The van der Waals surface area contributed by atoms with E-state index in [9.17, 15) is 4.79 Å². The van der Waals surface area contributed by atoms with Crippen LogP contribution in [0.3, 0.4) is 0 Å². The first-order chi connectivity index (χ1) is 5.92. The van der Waals surface area contributed by atoms with Crippen molar-refractivity contribution in [3.8, 4) is 0 Å². The van der Waals surface area contributed by atoms with Gasteiger partial charge in [0.1, 0.15) is 18.4 Å². The van der Waals surface area contributed by atoms with Crippen molar-refractivity contribution < 1.29 is 4.79 Å². The fraction of sp³-hybridized carbons (Fsp3) is 0.143. The zero-order valence-corrected chi connectivity index (χ0v) is 6.21. The van der Waals surface area contributed by atoms with Crippen LogP contribution in [0, 0.1) is 0 Å². The van der Waals surface area contributed by atoms with Gasteiger partial charge in [-0.15, -0.1) is 10.2 Å². The molecule has 0 bridgehead atoms. The molecule has 0 unspecified atom stereocenters. The Morgan fingerprint density at radius 2 is 2.42 bits per heavy atom. The van der Waals surface area contributed by atoms with Crippen LogP contribution in [-0.2, 0) is 11.2 Å². The fourth-order valence-electron chi connectivity index (χ4n) is 1.01. The zero-order valence-electron chi connectivity index (χ0n) is 6.21. The second-order valence-corrected chi connectivity index (χ2v) is 2.30. The van der Waals surface area contributed by atoms with E-state index in [-0.39, 0.29) is 6.42 Å². The molecule has 60 valence electrons. The molecule has 0 fully saturated rings. The Hall–Kier alpha value is -1.78. The normalized spacial score (nSPS) is 10.3. The molecule has 2 aromatic heterocycles. The third-order valence-corrected chi connectivity index (χ3v) is 1.55. The molecule has 0 spiro atoms. The summed E-state index contributed by atoms with van der Waals surface area (Å²) in [6, 6.07) is 1.74. The Balaban J connectivity index is 2.62. The molecule has 5 heteroatoms. The molecule has 0 aliphatic carbocycles. The van der Waals surface area contributed by atoms with Gasteiger partial charge in [0.2, 0.25) is 0 Å². The van der Waals surface area contributed by atoms with Crippen molar-refractivity contribution in [1.82, 2.24) is 19.6 Å². The highest BCUT2D eigenvalue weighted by Crippen LogP contribution is 1.99. The zero-order chi connectivity index (χ0) is 8.39. The number of nitrogens with zero attached hydrogens (tertiary/aromatic N) is 4. The summed E-state index contributed by atoms with van der Waals surface area (Å²) in [4.78, 5) is 14.1. The summed E-state index contributed by atoms with van der Waals surface area (Å²) in [5.74, 6) is 0.619. The van der Waals surface area contributed by atoms with Gasteiger partial charge in [-0.3, -0.25) is 4.40 Å². The SMILES string of the molecule is O=CCc1nnc2ccncn12. The van der Waals surface area contributed by atoms with Crippen molar-refractivity contribution in [1.29, 1.82) is 0 Å². The Morgan fingerprint density at radius 3 is 3.25 bits per heavy atom. The van der Waals surface area contributed by atoms with E-state index >= 15 is 0 Å². The molecular weight excluding hydrogens is 156 g/mol. The predicted octanol–water partition coefficient (Wildman–Crippen LogP) is -0.134. The summed E-state index contributed by atoms with van der Waals surface area (Å²) in [5.41, 5.74) is 0.710. The lowest BCUT2D eigenvalue weighted by Crippen LogP contribution is -1.95. The third-order valence-electron chi connectivity index (χ3n) is 1.55. The van der Waals surface area contributed by atoms with E-state index in [1.807, 2.05) is 0 Å². The lowest BCUT2D eigenvalue weighted by atomic mass is 10.4. The van der Waals surface area contributed by atoms with E-state index in [0.717, 1.165) is 6.29 Å². The maximum Gasteiger partial charge on any atom is 0.163 e. The average Bonchev–Trinajstić information content (AvgIpc) is 2.50. The monoisotopic (exact) mass is 162 g/mol. The van der Waals surface area contributed by atoms with Crippen LogP contribution in [0.2, 0.25) is 0 Å². The van der Waals surface area contributed by atoms with E-state index in [4.69, 9.17) is 0 Å². The molecule has 12 heavy (non-hydrogen) atoms. The van der Waals surface area contributed by atoms with Gasteiger partial charge in [-0.05, 0) is 0 Å². The van der Waals surface area contributed by atoms with Gasteiger partial charge in [0.05, 0.1) is 6.42 Å². The fourth-order valence-corrected chi connectivity index (χ4v) is 1.01. The maximum atomic E-state index is 10.2. The molecule has 0 amide bonds. The Kier molecular flexibility index (Phi) is 1.55. The summed E-state index contributed by atoms with van der Waals surface area (Å²) in [6.07, 6.45) is 4.29. The van der Waals surface area contributed by atoms with E-state index in [1.54, 1.807) is 23.0 Å². The minimum atomic E-state index is 0.271. The number of carbonyl (C=O) groups excluding carboxylic acids is 1. The average molecular weight is 162 g/mol.